The van der Waals surface area contributed by atoms with Crippen LogP contribution in [0.1, 0.15) is 22.6 Å². The number of halogens is 3. The molecular weight excluding hydrogens is 537 g/mol. The molecule has 1 aliphatic rings. The summed E-state index contributed by atoms with van der Waals surface area (Å²) in [7, 11) is -4.18. The fourth-order valence-corrected chi connectivity index (χ4v) is 5.95. The third-order valence-electron chi connectivity index (χ3n) is 6.32. The van der Waals surface area contributed by atoms with Crippen molar-refractivity contribution in [3.63, 3.8) is 0 Å². The van der Waals surface area contributed by atoms with Crippen LogP contribution >= 0.6 is 0 Å². The van der Waals surface area contributed by atoms with E-state index < -0.39 is 33.8 Å². The summed E-state index contributed by atoms with van der Waals surface area (Å²) in [6, 6.07) is 15.4. The van der Waals surface area contributed by atoms with Crippen molar-refractivity contribution in [3.8, 4) is 17.2 Å². The van der Waals surface area contributed by atoms with Crippen LogP contribution in [0.4, 0.5) is 18.9 Å². The topological polar surface area (TPSA) is 110 Å². The highest BCUT2D eigenvalue weighted by Crippen LogP contribution is 2.37. The predicted molar refractivity (Wildman–Crippen MR) is 134 cm³/mol. The summed E-state index contributed by atoms with van der Waals surface area (Å²) in [5.41, 5.74) is 0.966. The summed E-state index contributed by atoms with van der Waals surface area (Å²) in [6.07, 6.45) is -4.38. The molecule has 5 rings (SSSR count). The molecule has 1 aliphatic heterocycles. The number of para-hydroxylation sites is 1. The standard InChI is InChI=1S/C27H21F3N2O6S/c1-16-22(31-25(38-16)17-6-8-19(9-7-17)27(28,29)30)15-37-20-10-12-21(13-11-20)39(35,36)32-23-5-3-2-4-18(23)14-24(32)26(33)34/h2-13,24H,14-15H2,1H3,(H,33,34)/t24-/m0/s1. The number of rotatable bonds is 7. The highest BCUT2D eigenvalue weighted by atomic mass is 32.2. The largest absolute Gasteiger partial charge is 0.487 e. The van der Waals surface area contributed by atoms with Crippen molar-refractivity contribution < 1.29 is 40.6 Å². The summed E-state index contributed by atoms with van der Waals surface area (Å²) in [5, 5.41) is 9.64. The predicted octanol–water partition coefficient (Wildman–Crippen LogP) is 5.45. The number of ether oxygens (including phenoxy) is 1. The zero-order chi connectivity index (χ0) is 27.9. The molecule has 1 N–H and O–H groups in total. The van der Waals surface area contributed by atoms with E-state index >= 15 is 0 Å². The molecule has 2 heterocycles. The minimum Gasteiger partial charge on any atom is -0.487 e. The van der Waals surface area contributed by atoms with E-state index in [9.17, 15) is 31.5 Å². The van der Waals surface area contributed by atoms with Gasteiger partial charge in [-0.15, -0.1) is 0 Å². The molecule has 4 aromatic rings. The van der Waals surface area contributed by atoms with Crippen LogP contribution in [0.25, 0.3) is 11.5 Å². The second-order valence-electron chi connectivity index (χ2n) is 8.84. The zero-order valence-corrected chi connectivity index (χ0v) is 21.2. The maximum absolute atomic E-state index is 13.4. The molecule has 3 aromatic carbocycles. The third kappa shape index (κ3) is 5.07. The number of carbonyl (C=O) groups is 1. The van der Waals surface area contributed by atoms with Gasteiger partial charge < -0.3 is 14.3 Å². The molecule has 12 heteroatoms. The van der Waals surface area contributed by atoms with E-state index in [0.717, 1.165) is 16.4 Å². The molecule has 39 heavy (non-hydrogen) atoms. The summed E-state index contributed by atoms with van der Waals surface area (Å²) < 4.78 is 77.5. The van der Waals surface area contributed by atoms with Crippen LogP contribution < -0.4 is 9.04 Å². The molecule has 1 atom stereocenters. The van der Waals surface area contributed by atoms with Crippen LogP contribution in [0.3, 0.4) is 0 Å². The molecule has 0 bridgehead atoms. The van der Waals surface area contributed by atoms with E-state index in [0.29, 0.717) is 34.0 Å². The molecule has 1 aromatic heterocycles. The minimum atomic E-state index is -4.45. The number of hydrogen-bond donors (Lipinski definition) is 1. The number of sulfonamides is 1. The summed E-state index contributed by atoms with van der Waals surface area (Å²) in [6.45, 7) is 1.60. The summed E-state index contributed by atoms with van der Waals surface area (Å²) in [5.74, 6) is -0.367. The Bertz CT molecular complexity index is 1630. The van der Waals surface area contributed by atoms with Gasteiger partial charge in [-0.1, -0.05) is 18.2 Å². The summed E-state index contributed by atoms with van der Waals surface area (Å²) in [4.78, 5) is 16.0. The SMILES string of the molecule is Cc1oc(-c2ccc(C(F)(F)F)cc2)nc1COc1ccc(S(=O)(=O)N2c3ccccc3C[C@H]2C(=O)O)cc1. The molecule has 0 aliphatic carbocycles. The van der Waals surface area contributed by atoms with Gasteiger partial charge in [-0.3, -0.25) is 4.31 Å². The molecule has 202 valence electrons. The van der Waals surface area contributed by atoms with Gasteiger partial charge in [0.2, 0.25) is 5.89 Å². The lowest BCUT2D eigenvalue weighted by Gasteiger charge is -2.24. The average Bonchev–Trinajstić information content (AvgIpc) is 3.48. The molecule has 8 nitrogen and oxygen atoms in total. The van der Waals surface area contributed by atoms with Gasteiger partial charge in [0.25, 0.3) is 10.0 Å². The second kappa shape index (κ2) is 9.77. The number of fused-ring (bicyclic) bond motifs is 1. The van der Waals surface area contributed by atoms with Crippen molar-refractivity contribution in [1.82, 2.24) is 4.98 Å². The first kappa shape index (κ1) is 26.3. The first-order valence-corrected chi connectivity index (χ1v) is 13.1. The maximum Gasteiger partial charge on any atom is 0.416 e. The van der Waals surface area contributed by atoms with Crippen LogP contribution in [0, 0.1) is 6.92 Å². The van der Waals surface area contributed by atoms with E-state index in [1.54, 1.807) is 31.2 Å². The van der Waals surface area contributed by atoms with Gasteiger partial charge in [-0.05, 0) is 67.1 Å². The maximum atomic E-state index is 13.4. The smallest absolute Gasteiger partial charge is 0.416 e. The number of carboxylic acids is 1. The number of aromatic nitrogens is 1. The zero-order valence-electron chi connectivity index (χ0n) is 20.3. The van der Waals surface area contributed by atoms with Crippen molar-refractivity contribution in [2.24, 2.45) is 0 Å². The van der Waals surface area contributed by atoms with Crippen LogP contribution in [-0.2, 0) is 34.0 Å². The Kier molecular flexibility index (Phi) is 6.59. The Morgan fingerprint density at radius 2 is 1.74 bits per heavy atom. The lowest BCUT2D eigenvalue weighted by molar-refractivity contribution is -0.138. The molecule has 0 radical (unpaired) electrons. The molecule has 0 saturated heterocycles. The number of benzene rings is 3. The number of anilines is 1. The molecule has 0 spiro atoms. The van der Waals surface area contributed by atoms with Gasteiger partial charge >= 0.3 is 12.1 Å². The molecule has 0 amide bonds. The molecular formula is C27H21F3N2O6S. The summed E-state index contributed by atoms with van der Waals surface area (Å²) >= 11 is 0. The molecule has 0 unspecified atom stereocenters. The van der Waals surface area contributed by atoms with Gasteiger partial charge in [0.05, 0.1) is 16.1 Å². The van der Waals surface area contributed by atoms with E-state index in [1.807, 2.05) is 0 Å². The van der Waals surface area contributed by atoms with Crippen LogP contribution in [0.2, 0.25) is 0 Å². The van der Waals surface area contributed by atoms with Crippen LogP contribution in [0.5, 0.6) is 5.75 Å². The van der Waals surface area contributed by atoms with Crippen molar-refractivity contribution in [3.05, 3.63) is 95.4 Å². The highest BCUT2D eigenvalue weighted by Gasteiger charge is 2.42. The second-order valence-corrected chi connectivity index (χ2v) is 10.7. The lowest BCUT2D eigenvalue weighted by Crippen LogP contribution is -2.42. The van der Waals surface area contributed by atoms with E-state index in [-0.39, 0.29) is 23.8 Å². The Hall–Kier alpha value is -4.32. The van der Waals surface area contributed by atoms with Gasteiger partial charge in [0.15, 0.2) is 0 Å². The molecule has 0 fully saturated rings. The van der Waals surface area contributed by atoms with Crippen molar-refractivity contribution in [2.75, 3.05) is 4.31 Å². The van der Waals surface area contributed by atoms with Gasteiger partial charge in [-0.2, -0.15) is 13.2 Å². The first-order chi connectivity index (χ1) is 18.4. The Morgan fingerprint density at radius 3 is 2.38 bits per heavy atom. The number of oxazole rings is 1. The van der Waals surface area contributed by atoms with Gasteiger partial charge in [0, 0.05) is 12.0 Å². The van der Waals surface area contributed by atoms with Crippen molar-refractivity contribution in [2.45, 2.75) is 37.1 Å². The first-order valence-electron chi connectivity index (χ1n) is 11.7. The fourth-order valence-electron chi connectivity index (χ4n) is 4.30. The van der Waals surface area contributed by atoms with Crippen molar-refractivity contribution in [1.29, 1.82) is 0 Å². The minimum absolute atomic E-state index is 0.0390. The van der Waals surface area contributed by atoms with Crippen LogP contribution in [0.15, 0.2) is 82.1 Å². The number of alkyl halides is 3. The average molecular weight is 559 g/mol. The van der Waals surface area contributed by atoms with Gasteiger partial charge in [-0.25, -0.2) is 18.2 Å². The monoisotopic (exact) mass is 558 g/mol. The number of carboxylic acid groups (broad SMARTS) is 1. The van der Waals surface area contributed by atoms with Gasteiger partial charge in [0.1, 0.15) is 29.9 Å². The quantitative estimate of drug-likeness (QED) is 0.321. The van der Waals surface area contributed by atoms with E-state index in [2.05, 4.69) is 4.98 Å². The fraction of sp³-hybridized carbons (Fsp3) is 0.185. The number of aliphatic carboxylic acids is 1. The van der Waals surface area contributed by atoms with E-state index in [4.69, 9.17) is 9.15 Å². The Labute approximate surface area is 221 Å². The van der Waals surface area contributed by atoms with Crippen LogP contribution in [-0.4, -0.2) is 30.5 Å². The Balaban J connectivity index is 1.30. The highest BCUT2D eigenvalue weighted by molar-refractivity contribution is 7.93. The third-order valence-corrected chi connectivity index (χ3v) is 8.16. The number of aryl methyl sites for hydroxylation is 1. The van der Waals surface area contributed by atoms with E-state index in [1.165, 1.54) is 36.4 Å². The number of nitrogens with zero attached hydrogens (tertiary/aromatic N) is 2. The lowest BCUT2D eigenvalue weighted by atomic mass is 10.1. The number of hydrogen-bond acceptors (Lipinski definition) is 6. The Morgan fingerprint density at radius 1 is 1.08 bits per heavy atom. The van der Waals surface area contributed by atoms with Crippen molar-refractivity contribution >= 4 is 21.7 Å². The normalized spacial score (nSPS) is 15.3. The molecule has 0 saturated carbocycles.